The minimum absolute atomic E-state index is 0.0579. The van der Waals surface area contributed by atoms with E-state index in [1.165, 1.54) is 42.5 Å². The Bertz CT molecular complexity index is 1420. The molecule has 2 aromatic carbocycles. The van der Waals surface area contributed by atoms with Gasteiger partial charge in [0.15, 0.2) is 26.8 Å². The Morgan fingerprint density at radius 3 is 2.63 bits per heavy atom. The third kappa shape index (κ3) is 5.01. The number of fused-ring (bicyclic) bond motifs is 1. The lowest BCUT2D eigenvalue weighted by Crippen LogP contribution is -2.25. The summed E-state index contributed by atoms with van der Waals surface area (Å²) in [7, 11) is -3.37. The third-order valence-corrected chi connectivity index (χ3v) is 8.83. The Labute approximate surface area is 203 Å². The summed E-state index contributed by atoms with van der Waals surface area (Å²) in [5.41, 5.74) is 0.739. The van der Waals surface area contributed by atoms with Crippen molar-refractivity contribution >= 4 is 53.8 Å². The molecule has 0 unspecified atom stereocenters. The van der Waals surface area contributed by atoms with Crippen molar-refractivity contribution in [3.05, 3.63) is 58.1 Å². The van der Waals surface area contributed by atoms with Crippen LogP contribution in [-0.4, -0.2) is 54.5 Å². The van der Waals surface area contributed by atoms with Gasteiger partial charge in [-0.2, -0.15) is 0 Å². The lowest BCUT2D eigenvalue weighted by molar-refractivity contribution is -0.384. The van der Waals surface area contributed by atoms with E-state index in [-0.39, 0.29) is 32.8 Å². The predicted molar refractivity (Wildman–Crippen MR) is 128 cm³/mol. The summed E-state index contributed by atoms with van der Waals surface area (Å²) < 4.78 is 30.8. The standard InChI is InChI=1S/C22H20N4O7S2/c27-21(24-22-23-18-8-3-14(26(28)29)11-19(18)34-22)20(25-33-15-9-10-32-12-15)13-1-4-16(5-2-13)35(30,31)17-6-7-17/h1-5,8,11,15,17H,6-7,9-10,12H2,(H,23,24,27)/t15-/m1/s1. The van der Waals surface area contributed by atoms with Gasteiger partial charge in [0.2, 0.25) is 0 Å². The van der Waals surface area contributed by atoms with E-state index in [4.69, 9.17) is 9.57 Å². The molecule has 35 heavy (non-hydrogen) atoms. The molecule has 2 aliphatic rings. The van der Waals surface area contributed by atoms with Crippen LogP contribution in [0.5, 0.6) is 0 Å². The molecule has 1 saturated heterocycles. The maximum atomic E-state index is 13.2. The first-order valence-corrected chi connectivity index (χ1v) is 13.2. The SMILES string of the molecule is O=C(Nc1nc2ccc([N+](=O)[O-])cc2s1)C(=NO[C@@H]1CCOC1)c1ccc(S(=O)(=O)C2CC2)cc1. The molecule has 182 valence electrons. The van der Waals surface area contributed by atoms with Crippen LogP contribution >= 0.6 is 11.3 Å². The van der Waals surface area contributed by atoms with Gasteiger partial charge in [0.05, 0.1) is 38.5 Å². The largest absolute Gasteiger partial charge is 0.389 e. The van der Waals surface area contributed by atoms with Gasteiger partial charge in [-0.15, -0.1) is 0 Å². The molecule has 0 spiro atoms. The van der Waals surface area contributed by atoms with Crippen LogP contribution in [0.4, 0.5) is 10.8 Å². The van der Waals surface area contributed by atoms with Crippen molar-refractivity contribution in [1.82, 2.24) is 4.98 Å². The zero-order chi connectivity index (χ0) is 24.6. The first-order chi connectivity index (χ1) is 16.8. The maximum absolute atomic E-state index is 13.2. The number of rotatable bonds is 8. The van der Waals surface area contributed by atoms with Crippen molar-refractivity contribution in [3.8, 4) is 0 Å². The van der Waals surface area contributed by atoms with Crippen molar-refractivity contribution in [2.75, 3.05) is 18.5 Å². The lowest BCUT2D eigenvalue weighted by atomic mass is 10.1. The second-order valence-electron chi connectivity index (χ2n) is 8.18. The van der Waals surface area contributed by atoms with Crippen LogP contribution in [0.25, 0.3) is 10.2 Å². The molecule has 11 nitrogen and oxygen atoms in total. The number of benzene rings is 2. The highest BCUT2D eigenvalue weighted by Crippen LogP contribution is 2.33. The van der Waals surface area contributed by atoms with Crippen molar-refractivity contribution in [1.29, 1.82) is 0 Å². The Balaban J connectivity index is 1.41. The average molecular weight is 517 g/mol. The second kappa shape index (κ2) is 9.32. The fraction of sp³-hybridized carbons (Fsp3) is 0.318. The number of aromatic nitrogens is 1. The number of nitrogens with zero attached hydrogens (tertiary/aromatic N) is 3. The molecule has 1 aliphatic heterocycles. The smallest absolute Gasteiger partial charge is 0.280 e. The van der Waals surface area contributed by atoms with Gasteiger partial charge in [-0.05, 0) is 31.0 Å². The molecule has 1 atom stereocenters. The Morgan fingerprint density at radius 1 is 1.20 bits per heavy atom. The summed E-state index contributed by atoms with van der Waals surface area (Å²) in [6, 6.07) is 10.2. The summed E-state index contributed by atoms with van der Waals surface area (Å²) in [6.07, 6.45) is 1.65. The minimum Gasteiger partial charge on any atom is -0.389 e. The lowest BCUT2D eigenvalue weighted by Gasteiger charge is -2.10. The molecule has 1 N–H and O–H groups in total. The van der Waals surface area contributed by atoms with E-state index in [9.17, 15) is 23.3 Å². The molecule has 1 aromatic heterocycles. The Kier molecular flexibility index (Phi) is 6.21. The van der Waals surface area contributed by atoms with Crippen LogP contribution < -0.4 is 5.32 Å². The molecule has 1 saturated carbocycles. The Morgan fingerprint density at radius 2 is 1.97 bits per heavy atom. The van der Waals surface area contributed by atoms with Crippen LogP contribution in [0.2, 0.25) is 0 Å². The fourth-order valence-electron chi connectivity index (χ4n) is 3.56. The first-order valence-electron chi connectivity index (χ1n) is 10.8. The van der Waals surface area contributed by atoms with Crippen molar-refractivity contribution in [3.63, 3.8) is 0 Å². The number of hydrogen-bond donors (Lipinski definition) is 1. The van der Waals surface area contributed by atoms with E-state index >= 15 is 0 Å². The van der Waals surface area contributed by atoms with Gasteiger partial charge in [-0.25, -0.2) is 13.4 Å². The van der Waals surface area contributed by atoms with Crippen LogP contribution in [0.3, 0.4) is 0 Å². The number of carbonyl (C=O) groups excluding carboxylic acids is 1. The highest BCUT2D eigenvalue weighted by Gasteiger charge is 2.36. The van der Waals surface area contributed by atoms with E-state index in [2.05, 4.69) is 15.5 Å². The molecule has 13 heteroatoms. The van der Waals surface area contributed by atoms with Crippen LogP contribution in [-0.2, 0) is 24.2 Å². The van der Waals surface area contributed by atoms with E-state index in [1.54, 1.807) is 0 Å². The van der Waals surface area contributed by atoms with E-state index in [1.807, 2.05) is 0 Å². The van der Waals surface area contributed by atoms with Crippen molar-refractivity contribution < 1.29 is 27.7 Å². The normalized spacial score (nSPS) is 18.5. The summed E-state index contributed by atoms with van der Waals surface area (Å²) in [6.45, 7) is 0.890. The number of ether oxygens (including phenoxy) is 1. The summed E-state index contributed by atoms with van der Waals surface area (Å²) >= 11 is 1.09. The van der Waals surface area contributed by atoms with Gasteiger partial charge >= 0.3 is 0 Å². The van der Waals surface area contributed by atoms with Crippen molar-refractivity contribution in [2.45, 2.75) is 35.5 Å². The zero-order valence-electron chi connectivity index (χ0n) is 18.2. The zero-order valence-corrected chi connectivity index (χ0v) is 19.9. The summed E-state index contributed by atoms with van der Waals surface area (Å²) in [4.78, 5) is 33.7. The van der Waals surface area contributed by atoms with Gasteiger partial charge in [0.1, 0.15) is 0 Å². The molecule has 1 amide bonds. The van der Waals surface area contributed by atoms with E-state index in [0.717, 1.165) is 11.3 Å². The molecule has 1 aliphatic carbocycles. The number of nitrogens with one attached hydrogen (secondary N) is 1. The number of amides is 1. The van der Waals surface area contributed by atoms with Gasteiger partial charge in [0.25, 0.3) is 11.6 Å². The molecular formula is C22H20N4O7S2. The van der Waals surface area contributed by atoms with E-state index in [0.29, 0.717) is 48.3 Å². The highest BCUT2D eigenvalue weighted by molar-refractivity contribution is 7.92. The monoisotopic (exact) mass is 516 g/mol. The third-order valence-electron chi connectivity index (χ3n) is 5.62. The van der Waals surface area contributed by atoms with E-state index < -0.39 is 20.7 Å². The highest BCUT2D eigenvalue weighted by atomic mass is 32.2. The Hall–Kier alpha value is -3.42. The quantitative estimate of drug-likeness (QED) is 0.272. The number of thiazole rings is 1. The molecule has 5 rings (SSSR count). The van der Waals surface area contributed by atoms with Gasteiger partial charge in [0, 0.05) is 24.1 Å². The molecule has 2 fully saturated rings. The first kappa shape index (κ1) is 23.3. The number of nitro benzene ring substituents is 1. The number of non-ortho nitro benzene ring substituents is 1. The van der Waals surface area contributed by atoms with Crippen molar-refractivity contribution in [2.24, 2.45) is 5.16 Å². The number of nitro groups is 1. The minimum atomic E-state index is -3.37. The van der Waals surface area contributed by atoms with Gasteiger partial charge < -0.3 is 9.57 Å². The number of anilines is 1. The fourth-order valence-corrected chi connectivity index (χ4v) is 6.11. The van der Waals surface area contributed by atoms with Gasteiger partial charge in [-0.1, -0.05) is 28.6 Å². The van der Waals surface area contributed by atoms with Crippen LogP contribution in [0.15, 0.2) is 52.5 Å². The number of sulfone groups is 1. The number of oxime groups is 1. The molecule has 0 radical (unpaired) electrons. The second-order valence-corrected chi connectivity index (χ2v) is 11.4. The van der Waals surface area contributed by atoms with Gasteiger partial charge in [-0.3, -0.25) is 20.2 Å². The predicted octanol–water partition coefficient (Wildman–Crippen LogP) is 3.29. The topological polar surface area (TPSA) is 150 Å². The molecule has 0 bridgehead atoms. The number of hydrogen-bond acceptors (Lipinski definition) is 10. The molecular weight excluding hydrogens is 496 g/mol. The van der Waals surface area contributed by atoms with Crippen LogP contribution in [0, 0.1) is 10.1 Å². The number of carbonyl (C=O) groups is 1. The maximum Gasteiger partial charge on any atom is 0.280 e. The summed E-state index contributed by atoms with van der Waals surface area (Å²) in [5.74, 6) is -0.615. The molecule has 2 heterocycles. The molecule has 3 aromatic rings. The average Bonchev–Trinajstić information content (AvgIpc) is 3.44. The van der Waals surface area contributed by atoms with Crippen LogP contribution in [0.1, 0.15) is 24.8 Å². The summed E-state index contributed by atoms with van der Waals surface area (Å²) in [5, 5.41) is 17.6.